The second-order valence-electron chi connectivity index (χ2n) is 6.43. The summed E-state index contributed by atoms with van der Waals surface area (Å²) < 4.78 is 0. The Hall–Kier alpha value is -1.55. The molecule has 1 saturated carbocycles. The van der Waals surface area contributed by atoms with Gasteiger partial charge in [0.2, 0.25) is 0 Å². The highest BCUT2D eigenvalue weighted by molar-refractivity contribution is 5.94. The summed E-state index contributed by atoms with van der Waals surface area (Å²) in [5, 5.41) is 9.76. The zero-order valence-corrected chi connectivity index (χ0v) is 12.6. The molecule has 1 fully saturated rings. The molecule has 4 nitrogen and oxygen atoms in total. The highest BCUT2D eigenvalue weighted by atomic mass is 16.1. The predicted octanol–water partition coefficient (Wildman–Crippen LogP) is 2.38. The number of hydrogen-bond donors (Lipinski definition) is 3. The Kier molecular flexibility index (Phi) is 4.65. The Bertz CT molecular complexity index is 444. The summed E-state index contributed by atoms with van der Waals surface area (Å²) in [7, 11) is 0. The van der Waals surface area contributed by atoms with Crippen LogP contribution < -0.4 is 16.0 Å². The lowest BCUT2D eigenvalue weighted by Crippen LogP contribution is -2.38. The van der Waals surface area contributed by atoms with Crippen LogP contribution in [0.3, 0.4) is 0 Å². The van der Waals surface area contributed by atoms with E-state index in [-0.39, 0.29) is 11.4 Å². The Morgan fingerprint density at radius 3 is 2.35 bits per heavy atom. The van der Waals surface area contributed by atoms with Crippen molar-refractivity contribution >= 4 is 11.6 Å². The summed E-state index contributed by atoms with van der Waals surface area (Å²) >= 11 is 0. The molecule has 110 valence electrons. The molecular weight excluding hydrogens is 250 g/mol. The Morgan fingerprint density at radius 1 is 1.15 bits per heavy atom. The van der Waals surface area contributed by atoms with Gasteiger partial charge in [-0.1, -0.05) is 0 Å². The zero-order chi connectivity index (χ0) is 14.6. The van der Waals surface area contributed by atoms with Gasteiger partial charge >= 0.3 is 0 Å². The van der Waals surface area contributed by atoms with Gasteiger partial charge in [-0.15, -0.1) is 0 Å². The third-order valence-electron chi connectivity index (χ3n) is 3.17. The molecule has 1 aromatic rings. The topological polar surface area (TPSA) is 53.2 Å². The van der Waals surface area contributed by atoms with Crippen molar-refractivity contribution in [3.05, 3.63) is 29.8 Å². The molecule has 1 aliphatic carbocycles. The van der Waals surface area contributed by atoms with Crippen LogP contribution >= 0.6 is 0 Å². The molecule has 0 unspecified atom stereocenters. The highest BCUT2D eigenvalue weighted by Gasteiger charge is 2.23. The molecule has 1 amide bonds. The van der Waals surface area contributed by atoms with E-state index in [0.717, 1.165) is 37.2 Å². The SMILES string of the molecule is CC(C)(C)NCCNc1ccc(C(=O)NC2CC2)cc1. The van der Waals surface area contributed by atoms with Crippen molar-refractivity contribution in [3.63, 3.8) is 0 Å². The van der Waals surface area contributed by atoms with Gasteiger partial charge in [0.15, 0.2) is 0 Å². The van der Waals surface area contributed by atoms with E-state index in [9.17, 15) is 4.79 Å². The minimum absolute atomic E-state index is 0.0356. The zero-order valence-electron chi connectivity index (χ0n) is 12.6. The smallest absolute Gasteiger partial charge is 0.251 e. The van der Waals surface area contributed by atoms with Crippen LogP contribution in [0, 0.1) is 0 Å². The van der Waals surface area contributed by atoms with Crippen molar-refractivity contribution in [3.8, 4) is 0 Å². The Labute approximate surface area is 121 Å². The monoisotopic (exact) mass is 275 g/mol. The molecule has 1 aliphatic rings. The molecule has 1 aromatic carbocycles. The molecule has 0 atom stereocenters. The van der Waals surface area contributed by atoms with Gasteiger partial charge in [0.05, 0.1) is 0 Å². The summed E-state index contributed by atoms with van der Waals surface area (Å²) in [4.78, 5) is 11.8. The maximum Gasteiger partial charge on any atom is 0.251 e. The van der Waals surface area contributed by atoms with Gasteiger partial charge in [0.25, 0.3) is 5.91 Å². The van der Waals surface area contributed by atoms with Crippen molar-refractivity contribution in [1.29, 1.82) is 0 Å². The van der Waals surface area contributed by atoms with Crippen LogP contribution in [0.2, 0.25) is 0 Å². The largest absolute Gasteiger partial charge is 0.384 e. The van der Waals surface area contributed by atoms with Crippen LogP contribution in [0.5, 0.6) is 0 Å². The molecule has 0 spiro atoms. The lowest BCUT2D eigenvalue weighted by molar-refractivity contribution is 0.0951. The van der Waals surface area contributed by atoms with Crippen molar-refractivity contribution in [2.45, 2.75) is 45.2 Å². The van der Waals surface area contributed by atoms with Crippen LogP contribution in [0.4, 0.5) is 5.69 Å². The highest BCUT2D eigenvalue weighted by Crippen LogP contribution is 2.19. The fourth-order valence-corrected chi connectivity index (χ4v) is 1.88. The van der Waals surface area contributed by atoms with Crippen LogP contribution in [-0.2, 0) is 0 Å². The predicted molar refractivity (Wildman–Crippen MR) is 83.2 cm³/mol. The first kappa shape index (κ1) is 14.9. The first-order valence-electron chi connectivity index (χ1n) is 7.34. The van der Waals surface area contributed by atoms with Crippen LogP contribution in [-0.4, -0.2) is 30.6 Å². The normalized spacial score (nSPS) is 14.9. The molecule has 0 aromatic heterocycles. The van der Waals surface area contributed by atoms with Gasteiger partial charge in [-0.3, -0.25) is 4.79 Å². The average molecular weight is 275 g/mol. The van der Waals surface area contributed by atoms with Crippen molar-refractivity contribution < 1.29 is 4.79 Å². The van der Waals surface area contributed by atoms with Crippen LogP contribution in [0.1, 0.15) is 44.0 Å². The van der Waals surface area contributed by atoms with Gasteiger partial charge in [-0.05, 0) is 57.9 Å². The number of hydrogen-bond acceptors (Lipinski definition) is 3. The van der Waals surface area contributed by atoms with Crippen LogP contribution in [0.25, 0.3) is 0 Å². The number of rotatable bonds is 6. The molecule has 4 heteroatoms. The standard InChI is InChI=1S/C16H25N3O/c1-16(2,3)18-11-10-17-13-6-4-12(5-7-13)15(20)19-14-8-9-14/h4-7,14,17-18H,8-11H2,1-3H3,(H,19,20). The van der Waals surface area contributed by atoms with Gasteiger partial charge in [-0.25, -0.2) is 0 Å². The summed E-state index contributed by atoms with van der Waals surface area (Å²) in [5.41, 5.74) is 1.92. The van der Waals surface area contributed by atoms with Gasteiger partial charge in [0.1, 0.15) is 0 Å². The van der Waals surface area contributed by atoms with Crippen molar-refractivity contribution in [2.75, 3.05) is 18.4 Å². The van der Waals surface area contributed by atoms with E-state index in [1.54, 1.807) is 0 Å². The molecule has 0 aliphatic heterocycles. The van der Waals surface area contributed by atoms with Gasteiger partial charge in [0, 0.05) is 35.9 Å². The summed E-state index contributed by atoms with van der Waals surface area (Å²) in [6, 6.07) is 8.07. The van der Waals surface area contributed by atoms with E-state index in [1.807, 2.05) is 24.3 Å². The second-order valence-corrected chi connectivity index (χ2v) is 6.43. The second kappa shape index (κ2) is 6.27. The quantitative estimate of drug-likeness (QED) is 0.699. The summed E-state index contributed by atoms with van der Waals surface area (Å²) in [6.07, 6.45) is 2.23. The fraction of sp³-hybridized carbons (Fsp3) is 0.562. The first-order valence-corrected chi connectivity index (χ1v) is 7.34. The fourth-order valence-electron chi connectivity index (χ4n) is 1.88. The molecule has 0 radical (unpaired) electrons. The van der Waals surface area contributed by atoms with E-state index in [0.29, 0.717) is 6.04 Å². The number of carbonyl (C=O) groups is 1. The molecule has 20 heavy (non-hydrogen) atoms. The maximum atomic E-state index is 11.8. The average Bonchev–Trinajstić information content (AvgIpc) is 3.18. The summed E-state index contributed by atoms with van der Waals surface area (Å²) in [5.74, 6) is 0.0356. The molecule has 0 bridgehead atoms. The van der Waals surface area contributed by atoms with E-state index >= 15 is 0 Å². The van der Waals surface area contributed by atoms with Crippen LogP contribution in [0.15, 0.2) is 24.3 Å². The number of nitrogens with one attached hydrogen (secondary N) is 3. The lowest BCUT2D eigenvalue weighted by atomic mass is 10.1. The molecule has 3 N–H and O–H groups in total. The Morgan fingerprint density at radius 2 is 1.80 bits per heavy atom. The minimum atomic E-state index is 0.0356. The maximum absolute atomic E-state index is 11.8. The summed E-state index contributed by atoms with van der Waals surface area (Å²) in [6.45, 7) is 8.24. The van der Waals surface area contributed by atoms with Crippen molar-refractivity contribution in [1.82, 2.24) is 10.6 Å². The molecular formula is C16H25N3O. The molecule has 0 heterocycles. The number of benzene rings is 1. The van der Waals surface area contributed by atoms with Gasteiger partial charge in [-0.2, -0.15) is 0 Å². The number of carbonyl (C=O) groups excluding carboxylic acids is 1. The number of anilines is 1. The third kappa shape index (κ3) is 5.21. The van der Waals surface area contributed by atoms with E-state index in [1.165, 1.54) is 0 Å². The van der Waals surface area contributed by atoms with E-state index in [2.05, 4.69) is 36.7 Å². The number of amides is 1. The lowest BCUT2D eigenvalue weighted by Gasteiger charge is -2.20. The Balaban J connectivity index is 1.74. The first-order chi connectivity index (χ1) is 9.44. The minimum Gasteiger partial charge on any atom is -0.384 e. The van der Waals surface area contributed by atoms with E-state index < -0.39 is 0 Å². The van der Waals surface area contributed by atoms with Crippen molar-refractivity contribution in [2.24, 2.45) is 0 Å². The van der Waals surface area contributed by atoms with E-state index in [4.69, 9.17) is 0 Å². The molecule has 2 rings (SSSR count). The molecule has 0 saturated heterocycles. The third-order valence-corrected chi connectivity index (χ3v) is 3.17. The van der Waals surface area contributed by atoms with Gasteiger partial charge < -0.3 is 16.0 Å².